The van der Waals surface area contributed by atoms with E-state index in [0.717, 1.165) is 6.07 Å². The van der Waals surface area contributed by atoms with Crippen molar-refractivity contribution in [1.82, 2.24) is 10.3 Å². The van der Waals surface area contributed by atoms with Crippen LogP contribution < -0.4 is 10.6 Å². The fourth-order valence-corrected chi connectivity index (χ4v) is 4.10. The van der Waals surface area contributed by atoms with Gasteiger partial charge in [0.25, 0.3) is 5.91 Å². The van der Waals surface area contributed by atoms with Gasteiger partial charge in [-0.15, -0.1) is 0 Å². The number of nitrogens with one attached hydrogen (secondary N) is 2. The number of rotatable bonds is 4. The third kappa shape index (κ3) is 4.84. The predicted octanol–water partition coefficient (Wildman–Crippen LogP) is 5.85. The van der Waals surface area contributed by atoms with Gasteiger partial charge in [0, 0.05) is 28.7 Å². The van der Waals surface area contributed by atoms with Gasteiger partial charge >= 0.3 is 6.18 Å². The Morgan fingerprint density at radius 2 is 1.69 bits per heavy atom. The zero-order chi connectivity index (χ0) is 22.9. The molecule has 1 amide bonds. The summed E-state index contributed by atoms with van der Waals surface area (Å²) in [7, 11) is 0. The van der Waals surface area contributed by atoms with E-state index >= 15 is 0 Å². The molecule has 1 aliphatic carbocycles. The summed E-state index contributed by atoms with van der Waals surface area (Å²) >= 11 is 0. The lowest BCUT2D eigenvalue weighted by Gasteiger charge is -2.30. The van der Waals surface area contributed by atoms with E-state index in [2.05, 4.69) is 15.6 Å². The Bertz CT molecular complexity index is 1140. The Morgan fingerprint density at radius 3 is 2.38 bits per heavy atom. The Kier molecular flexibility index (Phi) is 6.04. The number of amides is 1. The number of hydrogen-bond donors (Lipinski definition) is 2. The van der Waals surface area contributed by atoms with E-state index < -0.39 is 11.9 Å². The van der Waals surface area contributed by atoms with Crippen LogP contribution in [0.25, 0.3) is 10.9 Å². The predicted molar refractivity (Wildman–Crippen MR) is 115 cm³/mol. The number of benzene rings is 2. The van der Waals surface area contributed by atoms with Gasteiger partial charge in [0.1, 0.15) is 11.5 Å². The number of fused-ring (bicyclic) bond motifs is 1. The summed E-state index contributed by atoms with van der Waals surface area (Å²) in [4.78, 5) is 16.2. The zero-order valence-electron chi connectivity index (χ0n) is 17.5. The number of nitrogens with zero attached hydrogens (tertiary/aromatic N) is 1. The van der Waals surface area contributed by atoms with E-state index in [1.807, 2.05) is 0 Å². The molecule has 1 aliphatic rings. The maximum atomic E-state index is 13.4. The van der Waals surface area contributed by atoms with Crippen molar-refractivity contribution in [3.8, 4) is 0 Å². The fourth-order valence-electron chi connectivity index (χ4n) is 4.10. The molecule has 0 radical (unpaired) electrons. The van der Waals surface area contributed by atoms with Gasteiger partial charge in [-0.25, -0.2) is 9.37 Å². The highest BCUT2D eigenvalue weighted by molar-refractivity contribution is 5.94. The molecular weight excluding hydrogens is 422 g/mol. The first-order valence-corrected chi connectivity index (χ1v) is 10.5. The van der Waals surface area contributed by atoms with Crippen molar-refractivity contribution in [3.63, 3.8) is 0 Å². The van der Waals surface area contributed by atoms with E-state index in [0.29, 0.717) is 53.4 Å². The molecule has 1 saturated carbocycles. The van der Waals surface area contributed by atoms with Crippen LogP contribution in [-0.2, 0) is 6.18 Å². The first-order chi connectivity index (χ1) is 15.2. The summed E-state index contributed by atoms with van der Waals surface area (Å²) in [6.45, 7) is 1.61. The van der Waals surface area contributed by atoms with Crippen molar-refractivity contribution < 1.29 is 22.4 Å². The number of pyridine rings is 1. The lowest BCUT2D eigenvalue weighted by molar-refractivity contribution is -0.140. The fraction of sp³-hybridized carbons (Fsp3) is 0.333. The summed E-state index contributed by atoms with van der Waals surface area (Å²) in [6, 6.07) is 12.0. The molecule has 168 valence electrons. The molecule has 2 N–H and O–H groups in total. The number of hydrogen-bond acceptors (Lipinski definition) is 3. The van der Waals surface area contributed by atoms with Crippen molar-refractivity contribution in [2.24, 2.45) is 0 Å². The molecule has 0 saturated heterocycles. The van der Waals surface area contributed by atoms with Crippen LogP contribution >= 0.6 is 0 Å². The number of aromatic nitrogens is 1. The summed E-state index contributed by atoms with van der Waals surface area (Å²) in [6.07, 6.45) is -1.74. The second-order valence-corrected chi connectivity index (χ2v) is 8.20. The Hall–Kier alpha value is -3.16. The van der Waals surface area contributed by atoms with Gasteiger partial charge in [-0.2, -0.15) is 13.2 Å². The van der Waals surface area contributed by atoms with Gasteiger partial charge in [0.15, 0.2) is 0 Å². The minimum atomic E-state index is -4.53. The van der Waals surface area contributed by atoms with Crippen LogP contribution in [0.15, 0.2) is 48.5 Å². The number of alkyl halides is 3. The van der Waals surface area contributed by atoms with Crippen LogP contribution in [0.5, 0.6) is 0 Å². The van der Waals surface area contributed by atoms with Crippen molar-refractivity contribution >= 4 is 22.5 Å². The normalized spacial score (nSPS) is 19.0. The molecule has 4 rings (SSSR count). The average Bonchev–Trinajstić information content (AvgIpc) is 2.76. The van der Waals surface area contributed by atoms with E-state index in [1.165, 1.54) is 18.2 Å². The lowest BCUT2D eigenvalue weighted by atomic mass is 9.90. The largest absolute Gasteiger partial charge is 0.433 e. The average molecular weight is 445 g/mol. The molecule has 0 unspecified atom stereocenters. The first kappa shape index (κ1) is 22.0. The third-order valence-corrected chi connectivity index (χ3v) is 5.85. The Balaban J connectivity index is 1.41. The molecule has 0 spiro atoms. The number of para-hydroxylation sites is 1. The van der Waals surface area contributed by atoms with Crippen LogP contribution in [-0.4, -0.2) is 23.0 Å². The Morgan fingerprint density at radius 1 is 1.00 bits per heavy atom. The number of anilines is 1. The van der Waals surface area contributed by atoms with E-state index in [1.54, 1.807) is 31.2 Å². The van der Waals surface area contributed by atoms with Crippen LogP contribution in [0, 0.1) is 12.7 Å². The lowest BCUT2D eigenvalue weighted by Crippen LogP contribution is -2.40. The number of carbonyl (C=O) groups is 1. The van der Waals surface area contributed by atoms with Gasteiger partial charge in [0.2, 0.25) is 0 Å². The molecule has 8 heteroatoms. The highest BCUT2D eigenvalue weighted by Crippen LogP contribution is 2.34. The van der Waals surface area contributed by atoms with Crippen LogP contribution in [0.1, 0.15) is 47.3 Å². The second kappa shape index (κ2) is 8.76. The molecule has 1 aromatic heterocycles. The van der Waals surface area contributed by atoms with Crippen molar-refractivity contribution in [2.75, 3.05) is 5.32 Å². The summed E-state index contributed by atoms with van der Waals surface area (Å²) in [5.41, 5.74) is 0.604. The SMILES string of the molecule is Cc1cc(C(=O)NC2CCC(Nc3cc(C(F)(F)F)nc4ccccc34)CC2)ccc1F. The topological polar surface area (TPSA) is 54.0 Å². The summed E-state index contributed by atoms with van der Waals surface area (Å²) in [5, 5.41) is 6.88. The maximum Gasteiger partial charge on any atom is 0.433 e. The van der Waals surface area contributed by atoms with Crippen LogP contribution in [0.3, 0.4) is 0 Å². The van der Waals surface area contributed by atoms with Crippen molar-refractivity contribution in [2.45, 2.75) is 50.9 Å². The maximum absolute atomic E-state index is 13.4. The smallest absolute Gasteiger partial charge is 0.382 e. The second-order valence-electron chi connectivity index (χ2n) is 8.20. The monoisotopic (exact) mass is 445 g/mol. The summed E-state index contributed by atoms with van der Waals surface area (Å²) < 4.78 is 53.3. The standard InChI is InChI=1S/C24H23F4N3O/c1-14-12-15(6-11-19(14)25)23(32)30-17-9-7-16(8-10-17)29-21-13-22(24(26,27)28)31-20-5-3-2-4-18(20)21/h2-6,11-13,16-17H,7-10H2,1H3,(H,29,31)(H,30,32). The van der Waals surface area contributed by atoms with Crippen LogP contribution in [0.2, 0.25) is 0 Å². The molecular formula is C24H23F4N3O. The number of halogens is 4. The minimum absolute atomic E-state index is 0.0110. The van der Waals surface area contributed by atoms with Gasteiger partial charge in [-0.05, 0) is 68.5 Å². The van der Waals surface area contributed by atoms with Crippen molar-refractivity contribution in [3.05, 3.63) is 71.2 Å². The molecule has 0 aliphatic heterocycles. The molecule has 1 heterocycles. The van der Waals surface area contributed by atoms with Crippen molar-refractivity contribution in [1.29, 1.82) is 0 Å². The number of carbonyl (C=O) groups excluding carboxylic acids is 1. The molecule has 1 fully saturated rings. The summed E-state index contributed by atoms with van der Waals surface area (Å²) in [5.74, 6) is -0.607. The van der Waals surface area contributed by atoms with Crippen LogP contribution in [0.4, 0.5) is 23.2 Å². The minimum Gasteiger partial charge on any atom is -0.382 e. The van der Waals surface area contributed by atoms with E-state index in [-0.39, 0.29) is 23.8 Å². The zero-order valence-corrected chi connectivity index (χ0v) is 17.5. The van der Waals surface area contributed by atoms with Gasteiger partial charge in [0.05, 0.1) is 5.52 Å². The highest BCUT2D eigenvalue weighted by atomic mass is 19.4. The number of aryl methyl sites for hydroxylation is 1. The highest BCUT2D eigenvalue weighted by Gasteiger charge is 2.34. The first-order valence-electron chi connectivity index (χ1n) is 10.5. The quantitative estimate of drug-likeness (QED) is 0.495. The molecule has 32 heavy (non-hydrogen) atoms. The van der Waals surface area contributed by atoms with E-state index in [9.17, 15) is 22.4 Å². The molecule has 3 aromatic rings. The molecule has 4 nitrogen and oxygen atoms in total. The van der Waals surface area contributed by atoms with Gasteiger partial charge in [-0.1, -0.05) is 18.2 Å². The van der Waals surface area contributed by atoms with Gasteiger partial charge < -0.3 is 10.6 Å². The third-order valence-electron chi connectivity index (χ3n) is 5.85. The van der Waals surface area contributed by atoms with Gasteiger partial charge in [-0.3, -0.25) is 4.79 Å². The molecule has 0 atom stereocenters. The Labute approximate surface area is 183 Å². The molecule has 2 aromatic carbocycles. The molecule has 0 bridgehead atoms. The van der Waals surface area contributed by atoms with E-state index in [4.69, 9.17) is 0 Å².